The van der Waals surface area contributed by atoms with Crippen molar-refractivity contribution in [1.29, 1.82) is 0 Å². The SMILES string of the molecule is COc1cc(/C=C2\SC(=S)N(CCC(=O)O)C2=O)cc(Br)c1OCC(=O)Nc1cccc(C)c1C. The van der Waals surface area contributed by atoms with Crippen LogP contribution in [0.4, 0.5) is 5.69 Å². The molecule has 0 aromatic heterocycles. The number of thioether (sulfide) groups is 1. The van der Waals surface area contributed by atoms with Crippen LogP contribution in [0.5, 0.6) is 11.5 Å². The predicted molar refractivity (Wildman–Crippen MR) is 143 cm³/mol. The van der Waals surface area contributed by atoms with E-state index in [-0.39, 0.29) is 31.4 Å². The quantitative estimate of drug-likeness (QED) is 0.324. The van der Waals surface area contributed by atoms with Gasteiger partial charge in [0.2, 0.25) is 0 Å². The molecule has 2 N–H and O–H groups in total. The molecule has 0 bridgehead atoms. The van der Waals surface area contributed by atoms with Crippen LogP contribution in [0.25, 0.3) is 6.08 Å². The molecule has 0 spiro atoms. The van der Waals surface area contributed by atoms with E-state index >= 15 is 0 Å². The van der Waals surface area contributed by atoms with E-state index in [9.17, 15) is 14.4 Å². The van der Waals surface area contributed by atoms with E-state index in [1.807, 2.05) is 32.0 Å². The number of thiocarbonyl (C=S) groups is 1. The zero-order chi connectivity index (χ0) is 25.7. The number of hydrogen-bond acceptors (Lipinski definition) is 7. The van der Waals surface area contributed by atoms with Gasteiger partial charge < -0.3 is 19.9 Å². The Hall–Kier alpha value is -2.89. The second-order valence-corrected chi connectivity index (χ2v) is 10.1. The Labute approximate surface area is 220 Å². The molecular formula is C24H23BrN2O6S2. The first-order chi connectivity index (χ1) is 16.6. The van der Waals surface area contributed by atoms with Gasteiger partial charge in [0, 0.05) is 12.2 Å². The summed E-state index contributed by atoms with van der Waals surface area (Å²) in [5.41, 5.74) is 3.42. The van der Waals surface area contributed by atoms with Crippen LogP contribution in [-0.2, 0) is 14.4 Å². The fourth-order valence-corrected chi connectivity index (χ4v) is 5.11. The molecular weight excluding hydrogens is 556 g/mol. The molecule has 1 saturated heterocycles. The maximum Gasteiger partial charge on any atom is 0.305 e. The van der Waals surface area contributed by atoms with Gasteiger partial charge in [-0.1, -0.05) is 36.1 Å². The molecule has 2 aromatic carbocycles. The molecule has 184 valence electrons. The average Bonchev–Trinajstić information content (AvgIpc) is 3.06. The van der Waals surface area contributed by atoms with Gasteiger partial charge in [0.1, 0.15) is 4.32 Å². The summed E-state index contributed by atoms with van der Waals surface area (Å²) in [5, 5.41) is 11.7. The summed E-state index contributed by atoms with van der Waals surface area (Å²) >= 11 is 9.77. The van der Waals surface area contributed by atoms with E-state index in [1.54, 1.807) is 18.2 Å². The van der Waals surface area contributed by atoms with E-state index < -0.39 is 5.97 Å². The number of carboxylic acid groups (broad SMARTS) is 1. The summed E-state index contributed by atoms with van der Waals surface area (Å²) in [7, 11) is 1.47. The molecule has 1 fully saturated rings. The van der Waals surface area contributed by atoms with Gasteiger partial charge in [0.05, 0.1) is 22.9 Å². The van der Waals surface area contributed by atoms with Crippen molar-refractivity contribution in [3.05, 3.63) is 56.4 Å². The number of nitrogens with zero attached hydrogens (tertiary/aromatic N) is 1. The molecule has 1 aliphatic heterocycles. The van der Waals surface area contributed by atoms with Crippen LogP contribution in [0.1, 0.15) is 23.1 Å². The van der Waals surface area contributed by atoms with E-state index in [0.717, 1.165) is 28.6 Å². The summed E-state index contributed by atoms with van der Waals surface area (Å²) in [6.07, 6.45) is 1.45. The molecule has 0 saturated carbocycles. The van der Waals surface area contributed by atoms with E-state index in [4.69, 9.17) is 26.8 Å². The summed E-state index contributed by atoms with van der Waals surface area (Å²) in [6.45, 7) is 3.69. The van der Waals surface area contributed by atoms with Crippen molar-refractivity contribution >= 4 is 73.8 Å². The number of aliphatic carboxylic acids is 1. The number of hydrogen-bond donors (Lipinski definition) is 2. The Morgan fingerprint density at radius 3 is 2.71 bits per heavy atom. The Morgan fingerprint density at radius 1 is 1.29 bits per heavy atom. The van der Waals surface area contributed by atoms with Crippen LogP contribution in [0, 0.1) is 13.8 Å². The van der Waals surface area contributed by atoms with Crippen molar-refractivity contribution in [1.82, 2.24) is 4.90 Å². The minimum Gasteiger partial charge on any atom is -0.493 e. The van der Waals surface area contributed by atoms with Gasteiger partial charge in [0.25, 0.3) is 11.8 Å². The lowest BCUT2D eigenvalue weighted by molar-refractivity contribution is -0.137. The first kappa shape index (κ1) is 26.7. The van der Waals surface area contributed by atoms with E-state index in [0.29, 0.717) is 30.8 Å². The van der Waals surface area contributed by atoms with Gasteiger partial charge in [-0.05, 0) is 70.7 Å². The zero-order valence-electron chi connectivity index (χ0n) is 19.2. The molecule has 3 rings (SSSR count). The number of methoxy groups -OCH3 is 1. The number of amides is 2. The van der Waals surface area contributed by atoms with Gasteiger partial charge in [0.15, 0.2) is 18.1 Å². The number of carboxylic acids is 1. The number of nitrogens with one attached hydrogen (secondary N) is 1. The standard InChI is InChI=1S/C24H23BrN2O6S2/c1-13-5-4-6-17(14(13)2)26-20(28)12-33-22-16(25)9-15(10-18(22)32-3)11-19-23(31)27(24(34)35-19)8-7-21(29)30/h4-6,9-11H,7-8,12H2,1-3H3,(H,26,28)(H,29,30)/b19-11-. The lowest BCUT2D eigenvalue weighted by Crippen LogP contribution is -2.30. The zero-order valence-corrected chi connectivity index (χ0v) is 22.4. The Bertz CT molecular complexity index is 1230. The third kappa shape index (κ3) is 6.62. The topological polar surface area (TPSA) is 105 Å². The number of aryl methyl sites for hydroxylation is 1. The van der Waals surface area contributed by atoms with Gasteiger partial charge in [-0.25, -0.2) is 0 Å². The third-order valence-corrected chi connectivity index (χ3v) is 7.17. The largest absolute Gasteiger partial charge is 0.493 e. The second-order valence-electron chi connectivity index (χ2n) is 7.60. The Morgan fingerprint density at radius 2 is 2.03 bits per heavy atom. The molecule has 2 aromatic rings. The van der Waals surface area contributed by atoms with Gasteiger partial charge in [-0.2, -0.15) is 0 Å². The Balaban J connectivity index is 1.73. The first-order valence-electron chi connectivity index (χ1n) is 10.4. The van der Waals surface area contributed by atoms with Crippen LogP contribution >= 0.6 is 39.9 Å². The monoisotopic (exact) mass is 578 g/mol. The summed E-state index contributed by atoms with van der Waals surface area (Å²) < 4.78 is 12.0. The number of ether oxygens (including phenoxy) is 2. The smallest absolute Gasteiger partial charge is 0.305 e. The second kappa shape index (κ2) is 11.7. The van der Waals surface area contributed by atoms with Crippen LogP contribution in [-0.4, -0.2) is 52.4 Å². The molecule has 11 heteroatoms. The van der Waals surface area contributed by atoms with Gasteiger partial charge in [-0.15, -0.1) is 0 Å². The first-order valence-corrected chi connectivity index (χ1v) is 12.5. The van der Waals surface area contributed by atoms with Crippen LogP contribution in [0.3, 0.4) is 0 Å². The number of rotatable bonds is 9. The van der Waals surface area contributed by atoms with E-state index in [2.05, 4.69) is 21.2 Å². The molecule has 0 atom stereocenters. The minimum absolute atomic E-state index is 0.0152. The maximum absolute atomic E-state index is 12.7. The molecule has 0 radical (unpaired) electrons. The predicted octanol–water partition coefficient (Wildman–Crippen LogP) is 4.77. The average molecular weight is 579 g/mol. The van der Waals surface area contributed by atoms with Crippen LogP contribution < -0.4 is 14.8 Å². The van der Waals surface area contributed by atoms with Crippen molar-refractivity contribution in [2.75, 3.05) is 25.6 Å². The minimum atomic E-state index is -1.00. The van der Waals surface area contributed by atoms with E-state index in [1.165, 1.54) is 12.0 Å². The maximum atomic E-state index is 12.7. The van der Waals surface area contributed by atoms with Crippen molar-refractivity contribution in [2.24, 2.45) is 0 Å². The van der Waals surface area contributed by atoms with Crippen LogP contribution in [0.15, 0.2) is 39.7 Å². The summed E-state index contributed by atoms with van der Waals surface area (Å²) in [6, 6.07) is 9.07. The third-order valence-electron chi connectivity index (χ3n) is 5.20. The Kier molecular flexibility index (Phi) is 8.92. The molecule has 0 unspecified atom stereocenters. The van der Waals surface area contributed by atoms with Crippen molar-refractivity contribution < 1.29 is 29.0 Å². The highest BCUT2D eigenvalue weighted by Crippen LogP contribution is 2.39. The lowest BCUT2D eigenvalue weighted by Gasteiger charge is -2.15. The molecule has 35 heavy (non-hydrogen) atoms. The molecule has 1 aliphatic rings. The molecule has 2 amide bonds. The highest BCUT2D eigenvalue weighted by Gasteiger charge is 2.32. The summed E-state index contributed by atoms with van der Waals surface area (Å²) in [5.74, 6) is -0.960. The fraction of sp³-hybridized carbons (Fsp3) is 0.250. The number of carbonyl (C=O) groups excluding carboxylic acids is 2. The number of halogens is 1. The number of anilines is 1. The van der Waals surface area contributed by atoms with Crippen molar-refractivity contribution in [2.45, 2.75) is 20.3 Å². The van der Waals surface area contributed by atoms with Gasteiger partial charge >= 0.3 is 5.97 Å². The number of benzene rings is 2. The highest BCUT2D eigenvalue weighted by molar-refractivity contribution is 9.10. The summed E-state index contributed by atoms with van der Waals surface area (Å²) in [4.78, 5) is 37.6. The lowest BCUT2D eigenvalue weighted by atomic mass is 10.1. The van der Waals surface area contributed by atoms with Crippen LogP contribution in [0.2, 0.25) is 0 Å². The highest BCUT2D eigenvalue weighted by atomic mass is 79.9. The molecule has 0 aliphatic carbocycles. The van der Waals surface area contributed by atoms with Gasteiger partial charge in [-0.3, -0.25) is 19.3 Å². The van der Waals surface area contributed by atoms with Crippen molar-refractivity contribution in [3.63, 3.8) is 0 Å². The molecule has 8 nitrogen and oxygen atoms in total. The van der Waals surface area contributed by atoms with Crippen molar-refractivity contribution in [3.8, 4) is 11.5 Å². The normalized spacial score (nSPS) is 14.4. The molecule has 1 heterocycles. The number of carbonyl (C=O) groups is 3. The fourth-order valence-electron chi connectivity index (χ4n) is 3.23.